The first kappa shape index (κ1) is 19.0. The van der Waals surface area contributed by atoms with Crippen molar-refractivity contribution < 1.29 is 24.2 Å². The number of rotatable bonds is 4. The quantitative estimate of drug-likeness (QED) is 0.798. The molecule has 4 rings (SSSR count). The molecule has 1 saturated carbocycles. The molecule has 0 unspecified atom stereocenters. The molecule has 2 aliphatic rings. The summed E-state index contributed by atoms with van der Waals surface area (Å²) in [5.74, 6) is 0.926. The summed E-state index contributed by atoms with van der Waals surface area (Å²) in [6.45, 7) is 1.40. The molecule has 28 heavy (non-hydrogen) atoms. The van der Waals surface area contributed by atoms with Crippen LogP contribution >= 0.6 is 11.3 Å². The lowest BCUT2D eigenvalue weighted by Gasteiger charge is -2.35. The summed E-state index contributed by atoms with van der Waals surface area (Å²) < 4.78 is 10.7. The number of methoxy groups -OCH3 is 1. The van der Waals surface area contributed by atoms with Gasteiger partial charge >= 0.3 is 5.97 Å². The number of hydrogen-bond donors (Lipinski definition) is 1. The number of ether oxygens (including phenoxy) is 2. The van der Waals surface area contributed by atoms with E-state index in [1.165, 1.54) is 18.4 Å². The highest BCUT2D eigenvalue weighted by Crippen LogP contribution is 2.38. The van der Waals surface area contributed by atoms with Crippen LogP contribution in [0.3, 0.4) is 0 Å². The van der Waals surface area contributed by atoms with E-state index in [1.54, 1.807) is 24.3 Å². The van der Waals surface area contributed by atoms with Crippen LogP contribution in [-0.4, -0.2) is 54.3 Å². The maximum Gasteiger partial charge on any atom is 0.337 e. The molecule has 1 aromatic carbocycles. The topological polar surface area (TPSA) is 76.1 Å². The van der Waals surface area contributed by atoms with Crippen LogP contribution in [0.4, 0.5) is 0 Å². The molecule has 0 radical (unpaired) electrons. The maximum absolute atomic E-state index is 12.6. The highest BCUT2D eigenvalue weighted by atomic mass is 32.1. The van der Waals surface area contributed by atoms with E-state index in [2.05, 4.69) is 0 Å². The van der Waals surface area contributed by atoms with E-state index in [0.717, 1.165) is 4.88 Å². The first-order valence-corrected chi connectivity index (χ1v) is 10.3. The molecular weight excluding hydrogens is 378 g/mol. The van der Waals surface area contributed by atoms with Crippen LogP contribution in [0.5, 0.6) is 5.75 Å². The number of thiophene rings is 1. The molecule has 0 spiro atoms. The van der Waals surface area contributed by atoms with E-state index in [4.69, 9.17) is 9.47 Å². The second-order valence-electron chi connectivity index (χ2n) is 7.42. The number of benzene rings is 1. The van der Waals surface area contributed by atoms with E-state index in [9.17, 15) is 14.7 Å². The predicted octanol–water partition coefficient (Wildman–Crippen LogP) is 2.83. The zero-order valence-corrected chi connectivity index (χ0v) is 16.4. The first-order chi connectivity index (χ1) is 13.5. The number of aliphatic hydroxyl groups is 1. The van der Waals surface area contributed by atoms with Crippen LogP contribution in [0.25, 0.3) is 0 Å². The first-order valence-electron chi connectivity index (χ1n) is 9.41. The van der Waals surface area contributed by atoms with Gasteiger partial charge in [0.05, 0.1) is 23.7 Å². The number of amides is 1. The zero-order valence-electron chi connectivity index (χ0n) is 15.6. The van der Waals surface area contributed by atoms with Crippen LogP contribution in [-0.2, 0) is 4.74 Å². The molecule has 0 bridgehead atoms. The summed E-state index contributed by atoms with van der Waals surface area (Å²) in [7, 11) is 1.34. The molecule has 2 heterocycles. The number of aliphatic hydroxyl groups excluding tert-OH is 1. The van der Waals surface area contributed by atoms with Gasteiger partial charge in [0.2, 0.25) is 0 Å². The van der Waals surface area contributed by atoms with Crippen molar-refractivity contribution in [1.82, 2.24) is 4.90 Å². The molecule has 1 aromatic heterocycles. The van der Waals surface area contributed by atoms with Crippen LogP contribution < -0.4 is 4.74 Å². The van der Waals surface area contributed by atoms with Gasteiger partial charge in [-0.2, -0.15) is 0 Å². The van der Waals surface area contributed by atoms with E-state index in [0.29, 0.717) is 49.1 Å². The Balaban J connectivity index is 1.39. The molecular formula is C21H23NO5S. The van der Waals surface area contributed by atoms with Crippen molar-refractivity contribution in [2.45, 2.75) is 25.0 Å². The van der Waals surface area contributed by atoms with Crippen LogP contribution in [0.1, 0.15) is 32.9 Å². The molecule has 1 N–H and O–H groups in total. The minimum Gasteiger partial charge on any atom is -0.488 e. The van der Waals surface area contributed by atoms with Gasteiger partial charge in [-0.25, -0.2) is 4.79 Å². The molecule has 1 aliphatic carbocycles. The summed E-state index contributed by atoms with van der Waals surface area (Å²) in [6, 6.07) is 10.5. The summed E-state index contributed by atoms with van der Waals surface area (Å²) in [5, 5.41) is 12.5. The van der Waals surface area contributed by atoms with Crippen molar-refractivity contribution in [2.24, 2.45) is 11.8 Å². The summed E-state index contributed by atoms with van der Waals surface area (Å²) in [5.41, 5.74) is 0.456. The Morgan fingerprint density at radius 1 is 1.11 bits per heavy atom. The van der Waals surface area contributed by atoms with Crippen molar-refractivity contribution >= 4 is 23.2 Å². The Kier molecular flexibility index (Phi) is 5.37. The van der Waals surface area contributed by atoms with Crippen LogP contribution in [0.2, 0.25) is 0 Å². The Labute approximate surface area is 167 Å². The fourth-order valence-electron chi connectivity index (χ4n) is 4.20. The average molecular weight is 401 g/mol. The van der Waals surface area contributed by atoms with Gasteiger partial charge in [-0.1, -0.05) is 6.07 Å². The second kappa shape index (κ2) is 7.93. The number of esters is 1. The maximum atomic E-state index is 12.6. The third-order valence-corrected chi connectivity index (χ3v) is 6.52. The Hall–Kier alpha value is -2.38. The minimum atomic E-state index is -0.571. The fraction of sp³-hybridized carbons (Fsp3) is 0.429. The summed E-state index contributed by atoms with van der Waals surface area (Å²) in [4.78, 5) is 26.8. The van der Waals surface area contributed by atoms with E-state index in [-0.39, 0.29) is 12.0 Å². The van der Waals surface area contributed by atoms with E-state index < -0.39 is 12.1 Å². The van der Waals surface area contributed by atoms with Gasteiger partial charge in [0.25, 0.3) is 5.91 Å². The lowest BCUT2D eigenvalue weighted by molar-refractivity contribution is -0.0231. The lowest BCUT2D eigenvalue weighted by Crippen LogP contribution is -2.42. The largest absolute Gasteiger partial charge is 0.488 e. The highest BCUT2D eigenvalue weighted by Gasteiger charge is 2.44. The fourth-order valence-corrected chi connectivity index (χ4v) is 4.89. The lowest BCUT2D eigenvalue weighted by atomic mass is 9.78. The van der Waals surface area contributed by atoms with Gasteiger partial charge in [0, 0.05) is 13.1 Å². The number of fused-ring (bicyclic) bond motifs is 1. The van der Waals surface area contributed by atoms with Crippen molar-refractivity contribution in [1.29, 1.82) is 0 Å². The van der Waals surface area contributed by atoms with Gasteiger partial charge in [-0.15, -0.1) is 11.3 Å². The Bertz CT molecular complexity index is 835. The minimum absolute atomic E-state index is 0.0785. The zero-order chi connectivity index (χ0) is 19.7. The average Bonchev–Trinajstić information content (AvgIpc) is 3.37. The van der Waals surface area contributed by atoms with E-state index >= 15 is 0 Å². The molecule has 1 aliphatic heterocycles. The standard InChI is InChI=1S/C21H23NO5S/c1-26-21(25)13-4-6-16(7-5-13)27-18-10-15-12-22(11-14(15)9-17(18)23)20(24)19-3-2-8-28-19/h2-8,14-15,17-18,23H,9-12H2,1H3/t14-,15+,17+,18+/m0/s1. The van der Waals surface area contributed by atoms with Gasteiger partial charge < -0.3 is 19.5 Å². The van der Waals surface area contributed by atoms with Crippen LogP contribution in [0, 0.1) is 11.8 Å². The molecule has 148 valence electrons. The van der Waals surface area contributed by atoms with Gasteiger partial charge in [0.1, 0.15) is 11.9 Å². The monoisotopic (exact) mass is 401 g/mol. The molecule has 2 fully saturated rings. The normalized spacial score (nSPS) is 26.6. The van der Waals surface area contributed by atoms with Gasteiger partial charge in [0.15, 0.2) is 0 Å². The van der Waals surface area contributed by atoms with E-state index in [1.807, 2.05) is 22.4 Å². The molecule has 4 atom stereocenters. The van der Waals surface area contributed by atoms with Gasteiger partial charge in [-0.3, -0.25) is 4.79 Å². The number of nitrogens with zero attached hydrogens (tertiary/aromatic N) is 1. The smallest absolute Gasteiger partial charge is 0.337 e. The third kappa shape index (κ3) is 3.77. The molecule has 6 nitrogen and oxygen atoms in total. The summed E-state index contributed by atoms with van der Waals surface area (Å²) in [6.07, 6.45) is 0.447. The third-order valence-electron chi connectivity index (χ3n) is 5.67. The molecule has 1 saturated heterocycles. The highest BCUT2D eigenvalue weighted by molar-refractivity contribution is 7.12. The van der Waals surface area contributed by atoms with Crippen molar-refractivity contribution in [3.05, 3.63) is 52.2 Å². The van der Waals surface area contributed by atoms with Crippen LogP contribution in [0.15, 0.2) is 41.8 Å². The van der Waals surface area contributed by atoms with Crippen molar-refractivity contribution in [3.63, 3.8) is 0 Å². The SMILES string of the molecule is COC(=O)c1ccc(O[C@@H]2C[C@@H]3CN(C(=O)c4cccs4)C[C@@H]3C[C@H]2O)cc1. The predicted molar refractivity (Wildman–Crippen MR) is 105 cm³/mol. The number of carbonyl (C=O) groups is 2. The molecule has 7 heteroatoms. The summed E-state index contributed by atoms with van der Waals surface area (Å²) >= 11 is 1.46. The Morgan fingerprint density at radius 2 is 1.82 bits per heavy atom. The molecule has 2 aromatic rings. The number of carbonyl (C=O) groups excluding carboxylic acids is 2. The van der Waals surface area contributed by atoms with Crippen molar-refractivity contribution in [3.8, 4) is 5.75 Å². The Morgan fingerprint density at radius 3 is 2.46 bits per heavy atom. The number of hydrogen-bond acceptors (Lipinski definition) is 6. The number of likely N-dealkylation sites (tertiary alicyclic amines) is 1. The molecule has 1 amide bonds. The van der Waals surface area contributed by atoms with Gasteiger partial charge in [-0.05, 0) is 60.4 Å². The van der Waals surface area contributed by atoms with Crippen molar-refractivity contribution in [2.75, 3.05) is 20.2 Å². The second-order valence-corrected chi connectivity index (χ2v) is 8.37.